The third-order valence-electron chi connectivity index (χ3n) is 6.78. The molecule has 0 unspecified atom stereocenters. The van der Waals surface area contributed by atoms with Gasteiger partial charge in [-0.1, -0.05) is 45.4 Å². The summed E-state index contributed by atoms with van der Waals surface area (Å²) in [7, 11) is 1.44. The number of likely N-dealkylation sites (tertiary alicyclic amines) is 2. The highest BCUT2D eigenvalue weighted by atomic mass is 16.5. The van der Waals surface area contributed by atoms with Gasteiger partial charge < -0.3 is 9.64 Å². The van der Waals surface area contributed by atoms with Gasteiger partial charge in [0, 0.05) is 18.5 Å². The smallest absolute Gasteiger partial charge is 0.328 e. The number of hydrogen-bond donors (Lipinski definition) is 0. The topological polar surface area (TPSA) is 49.9 Å². The van der Waals surface area contributed by atoms with Crippen LogP contribution in [0, 0.1) is 11.8 Å². The second kappa shape index (κ2) is 9.20. The van der Waals surface area contributed by atoms with Crippen LogP contribution in [0.15, 0.2) is 0 Å². The predicted octanol–water partition coefficient (Wildman–Crippen LogP) is 3.22. The summed E-state index contributed by atoms with van der Waals surface area (Å²) in [5, 5.41) is 0. The van der Waals surface area contributed by atoms with Gasteiger partial charge in [-0.3, -0.25) is 9.69 Å². The Morgan fingerprint density at radius 2 is 1.69 bits per heavy atom. The monoisotopic (exact) mass is 364 g/mol. The molecule has 1 saturated carbocycles. The first-order valence-corrected chi connectivity index (χ1v) is 10.7. The molecule has 2 heterocycles. The zero-order valence-corrected chi connectivity index (χ0v) is 16.6. The van der Waals surface area contributed by atoms with Crippen LogP contribution >= 0.6 is 0 Å². The number of esters is 1. The Morgan fingerprint density at radius 1 is 1.04 bits per heavy atom. The van der Waals surface area contributed by atoms with Crippen LogP contribution in [-0.4, -0.2) is 60.5 Å². The summed E-state index contributed by atoms with van der Waals surface area (Å²) in [5.41, 5.74) is 0. The molecule has 0 aromatic heterocycles. The lowest BCUT2D eigenvalue weighted by Crippen LogP contribution is -2.45. The number of rotatable bonds is 5. The van der Waals surface area contributed by atoms with Gasteiger partial charge in [-0.05, 0) is 44.7 Å². The van der Waals surface area contributed by atoms with Gasteiger partial charge in [-0.25, -0.2) is 4.79 Å². The molecule has 5 nitrogen and oxygen atoms in total. The molecule has 1 aliphatic carbocycles. The molecule has 148 valence electrons. The zero-order valence-electron chi connectivity index (χ0n) is 16.6. The first-order chi connectivity index (χ1) is 12.6. The van der Waals surface area contributed by atoms with Gasteiger partial charge in [0.25, 0.3) is 0 Å². The SMILES string of the molecule is COC(=O)[C@@H]1C[C@@H](N2CCCCC2)CN1C(=O)[C@H](C)CC1CCCCC1. The third-order valence-corrected chi connectivity index (χ3v) is 6.78. The minimum Gasteiger partial charge on any atom is -0.467 e. The molecule has 5 heteroatoms. The summed E-state index contributed by atoms with van der Waals surface area (Å²) < 4.78 is 5.03. The van der Waals surface area contributed by atoms with Gasteiger partial charge >= 0.3 is 5.97 Å². The fourth-order valence-electron chi connectivity index (χ4n) is 5.27. The number of ether oxygens (including phenoxy) is 1. The molecule has 0 aromatic carbocycles. The van der Waals surface area contributed by atoms with E-state index in [-0.39, 0.29) is 17.8 Å². The highest BCUT2D eigenvalue weighted by Crippen LogP contribution is 2.32. The summed E-state index contributed by atoms with van der Waals surface area (Å²) in [6, 6.07) is -0.0848. The molecule has 0 radical (unpaired) electrons. The maximum absolute atomic E-state index is 13.2. The Labute approximate surface area is 158 Å². The molecule has 0 N–H and O–H groups in total. The zero-order chi connectivity index (χ0) is 18.5. The first-order valence-electron chi connectivity index (χ1n) is 10.7. The Kier molecular flexibility index (Phi) is 6.96. The quantitative estimate of drug-likeness (QED) is 0.703. The van der Waals surface area contributed by atoms with Crippen molar-refractivity contribution < 1.29 is 14.3 Å². The van der Waals surface area contributed by atoms with Crippen molar-refractivity contribution in [2.75, 3.05) is 26.7 Å². The van der Waals surface area contributed by atoms with Crippen molar-refractivity contribution in [2.24, 2.45) is 11.8 Å². The van der Waals surface area contributed by atoms with Gasteiger partial charge in [-0.2, -0.15) is 0 Å². The number of methoxy groups -OCH3 is 1. The lowest BCUT2D eigenvalue weighted by atomic mass is 9.83. The van der Waals surface area contributed by atoms with Crippen LogP contribution in [0.4, 0.5) is 0 Å². The molecule has 3 aliphatic rings. The fraction of sp³-hybridized carbons (Fsp3) is 0.905. The maximum atomic E-state index is 13.2. The average molecular weight is 365 g/mol. The van der Waals surface area contributed by atoms with Crippen molar-refractivity contribution in [2.45, 2.75) is 83.2 Å². The van der Waals surface area contributed by atoms with E-state index in [1.54, 1.807) is 0 Å². The van der Waals surface area contributed by atoms with Gasteiger partial charge in [0.05, 0.1) is 7.11 Å². The van der Waals surface area contributed by atoms with Crippen LogP contribution in [0.2, 0.25) is 0 Å². The lowest BCUT2D eigenvalue weighted by Gasteiger charge is -2.32. The molecule has 0 bridgehead atoms. The molecule has 1 amide bonds. The summed E-state index contributed by atoms with van der Waals surface area (Å²) in [6.07, 6.45) is 11.9. The molecule has 3 fully saturated rings. The summed E-state index contributed by atoms with van der Waals surface area (Å²) in [5.74, 6) is 0.596. The van der Waals surface area contributed by atoms with Gasteiger partial charge in [0.1, 0.15) is 6.04 Å². The molecular weight excluding hydrogens is 328 g/mol. The number of carbonyl (C=O) groups excluding carboxylic acids is 2. The molecule has 26 heavy (non-hydrogen) atoms. The van der Waals surface area contributed by atoms with Gasteiger partial charge in [-0.15, -0.1) is 0 Å². The second-order valence-corrected chi connectivity index (χ2v) is 8.66. The van der Waals surface area contributed by atoms with E-state index in [1.807, 2.05) is 4.90 Å². The number of nitrogens with zero attached hydrogens (tertiary/aromatic N) is 2. The van der Waals surface area contributed by atoms with E-state index in [4.69, 9.17) is 4.74 Å². The van der Waals surface area contributed by atoms with Crippen molar-refractivity contribution >= 4 is 11.9 Å². The lowest BCUT2D eigenvalue weighted by molar-refractivity contribution is -0.152. The number of piperidine rings is 1. The number of carbonyl (C=O) groups is 2. The molecule has 3 atom stereocenters. The summed E-state index contributed by atoms with van der Waals surface area (Å²) >= 11 is 0. The molecule has 3 rings (SSSR count). The Balaban J connectivity index is 1.63. The first kappa shape index (κ1) is 19.7. The Morgan fingerprint density at radius 3 is 2.35 bits per heavy atom. The van der Waals surface area contributed by atoms with Gasteiger partial charge in [0.15, 0.2) is 0 Å². The van der Waals surface area contributed by atoms with Crippen molar-refractivity contribution in [3.63, 3.8) is 0 Å². The maximum Gasteiger partial charge on any atom is 0.328 e. The van der Waals surface area contributed by atoms with E-state index in [0.29, 0.717) is 18.5 Å². The highest BCUT2D eigenvalue weighted by Gasteiger charge is 2.43. The van der Waals surface area contributed by atoms with Crippen LogP contribution in [-0.2, 0) is 14.3 Å². The van der Waals surface area contributed by atoms with Crippen LogP contribution in [0.25, 0.3) is 0 Å². The van der Waals surface area contributed by atoms with Gasteiger partial charge in [0.2, 0.25) is 5.91 Å². The van der Waals surface area contributed by atoms with E-state index in [2.05, 4.69) is 11.8 Å². The van der Waals surface area contributed by atoms with E-state index in [9.17, 15) is 9.59 Å². The molecular formula is C21H36N2O3. The Hall–Kier alpha value is -1.10. The molecule has 2 saturated heterocycles. The van der Waals surface area contributed by atoms with E-state index >= 15 is 0 Å². The fourth-order valence-corrected chi connectivity index (χ4v) is 5.27. The van der Waals surface area contributed by atoms with Crippen molar-refractivity contribution in [3.05, 3.63) is 0 Å². The molecule has 0 spiro atoms. The third kappa shape index (κ3) is 4.59. The van der Waals surface area contributed by atoms with Crippen LogP contribution in [0.1, 0.15) is 71.1 Å². The van der Waals surface area contributed by atoms with Crippen molar-refractivity contribution in [3.8, 4) is 0 Å². The van der Waals surface area contributed by atoms with E-state index in [0.717, 1.165) is 25.9 Å². The molecule has 2 aliphatic heterocycles. The normalized spacial score (nSPS) is 29.5. The van der Waals surface area contributed by atoms with E-state index < -0.39 is 6.04 Å². The molecule has 0 aromatic rings. The van der Waals surface area contributed by atoms with Crippen molar-refractivity contribution in [1.29, 1.82) is 0 Å². The second-order valence-electron chi connectivity index (χ2n) is 8.66. The predicted molar refractivity (Wildman–Crippen MR) is 102 cm³/mol. The van der Waals surface area contributed by atoms with Crippen LogP contribution in [0.3, 0.4) is 0 Å². The summed E-state index contributed by atoms with van der Waals surface area (Å²) in [4.78, 5) is 29.8. The summed E-state index contributed by atoms with van der Waals surface area (Å²) in [6.45, 7) is 4.93. The van der Waals surface area contributed by atoms with Crippen LogP contribution in [0.5, 0.6) is 0 Å². The largest absolute Gasteiger partial charge is 0.467 e. The van der Waals surface area contributed by atoms with Crippen LogP contribution < -0.4 is 0 Å². The minimum atomic E-state index is -0.395. The highest BCUT2D eigenvalue weighted by molar-refractivity contribution is 5.86. The van der Waals surface area contributed by atoms with E-state index in [1.165, 1.54) is 58.5 Å². The number of hydrogen-bond acceptors (Lipinski definition) is 4. The average Bonchev–Trinajstić information content (AvgIpc) is 3.13. The number of amides is 1. The Bertz CT molecular complexity index is 484. The van der Waals surface area contributed by atoms with Crippen molar-refractivity contribution in [1.82, 2.24) is 9.80 Å². The standard InChI is InChI=1S/C21H36N2O3/c1-16(13-17-9-5-3-6-10-17)20(24)23-15-18(14-19(23)21(25)26-2)22-11-7-4-8-12-22/h16-19H,3-15H2,1-2H3/t16-,18-,19+/m1/s1. The minimum absolute atomic E-state index is 0.00496.